The number of anilines is 2. The Morgan fingerprint density at radius 2 is 1.97 bits per heavy atom. The molecule has 0 saturated heterocycles. The number of nitrogen functional groups attached to an aromatic ring is 1. The van der Waals surface area contributed by atoms with Crippen LogP contribution in [0.5, 0.6) is 0 Å². The molecule has 0 spiro atoms. The molecule has 2 aromatic carbocycles. The molecule has 0 fully saturated rings. The average Bonchev–Trinajstić information content (AvgIpc) is 3.18. The molecule has 1 amide bonds. The lowest BCUT2D eigenvalue weighted by atomic mass is 9.86. The van der Waals surface area contributed by atoms with Crippen molar-refractivity contribution in [3.8, 4) is 0 Å². The number of imidazole rings is 1. The third-order valence-electron chi connectivity index (χ3n) is 5.76. The monoisotopic (exact) mass is 388 g/mol. The second kappa shape index (κ2) is 7.39. The van der Waals surface area contributed by atoms with Gasteiger partial charge in [0.2, 0.25) is 5.91 Å². The molecule has 0 saturated carbocycles. The molecule has 2 heterocycles. The van der Waals surface area contributed by atoms with Crippen LogP contribution in [0.4, 0.5) is 11.4 Å². The highest BCUT2D eigenvalue weighted by Gasteiger charge is 2.43. The summed E-state index contributed by atoms with van der Waals surface area (Å²) in [6, 6.07) is 11.9. The maximum atomic E-state index is 13.0. The predicted molar refractivity (Wildman–Crippen MR) is 121 cm³/mol. The van der Waals surface area contributed by atoms with Crippen LogP contribution >= 0.6 is 0 Å². The van der Waals surface area contributed by atoms with Crippen molar-refractivity contribution in [3.05, 3.63) is 53.3 Å². The van der Waals surface area contributed by atoms with Gasteiger partial charge in [0, 0.05) is 12.2 Å². The lowest BCUT2D eigenvalue weighted by Crippen LogP contribution is -2.36. The highest BCUT2D eigenvalue weighted by molar-refractivity contribution is 6.09. The summed E-state index contributed by atoms with van der Waals surface area (Å²) in [7, 11) is 0. The number of hydrogen-bond acceptors (Lipinski definition) is 3. The third-order valence-corrected chi connectivity index (χ3v) is 5.76. The van der Waals surface area contributed by atoms with Gasteiger partial charge in [-0.3, -0.25) is 4.79 Å². The van der Waals surface area contributed by atoms with E-state index in [4.69, 9.17) is 10.7 Å². The number of para-hydroxylation sites is 1. The third kappa shape index (κ3) is 3.41. The molecule has 0 radical (unpaired) electrons. The summed E-state index contributed by atoms with van der Waals surface area (Å²) in [5.41, 5.74) is 11.1. The Bertz CT molecular complexity index is 1090. The fourth-order valence-corrected chi connectivity index (χ4v) is 4.00. The molecular weight excluding hydrogens is 360 g/mol. The van der Waals surface area contributed by atoms with E-state index >= 15 is 0 Å². The Morgan fingerprint density at radius 3 is 2.72 bits per heavy atom. The van der Waals surface area contributed by atoms with Crippen LogP contribution in [0.15, 0.2) is 36.4 Å². The van der Waals surface area contributed by atoms with E-state index in [1.807, 2.05) is 61.2 Å². The van der Waals surface area contributed by atoms with Crippen LogP contribution in [-0.2, 0) is 10.2 Å². The number of amides is 1. The van der Waals surface area contributed by atoms with Crippen LogP contribution in [0.1, 0.15) is 57.0 Å². The molecule has 29 heavy (non-hydrogen) atoms. The van der Waals surface area contributed by atoms with Crippen LogP contribution in [0.3, 0.4) is 0 Å². The Kier molecular flexibility index (Phi) is 4.91. The molecule has 5 heteroatoms. The molecule has 1 aliphatic heterocycles. The largest absolute Gasteiger partial charge is 0.398 e. The first-order valence-electron chi connectivity index (χ1n) is 10.3. The number of H-pyrrole nitrogens is 1. The summed E-state index contributed by atoms with van der Waals surface area (Å²) in [5, 5.41) is 0. The number of nitrogens with one attached hydrogen (secondary N) is 1. The van der Waals surface area contributed by atoms with Gasteiger partial charge in [-0.25, -0.2) is 4.98 Å². The fraction of sp³-hybridized carbons (Fsp3) is 0.333. The summed E-state index contributed by atoms with van der Waals surface area (Å²) in [4.78, 5) is 23.0. The average molecular weight is 389 g/mol. The van der Waals surface area contributed by atoms with Gasteiger partial charge in [-0.15, -0.1) is 0 Å². The van der Waals surface area contributed by atoms with Gasteiger partial charge in [-0.2, -0.15) is 0 Å². The molecule has 1 aliphatic rings. The summed E-state index contributed by atoms with van der Waals surface area (Å²) in [5.74, 6) is 0.949. The molecule has 5 nitrogen and oxygen atoms in total. The smallest absolute Gasteiger partial charge is 0.237 e. The Balaban J connectivity index is 1.69. The number of rotatable bonds is 6. The van der Waals surface area contributed by atoms with E-state index in [0.29, 0.717) is 0 Å². The van der Waals surface area contributed by atoms with Crippen molar-refractivity contribution in [2.75, 3.05) is 17.2 Å². The van der Waals surface area contributed by atoms with Crippen molar-refractivity contribution in [1.29, 1.82) is 0 Å². The molecule has 0 aliphatic carbocycles. The zero-order valence-corrected chi connectivity index (χ0v) is 17.3. The number of aromatic nitrogens is 2. The van der Waals surface area contributed by atoms with Crippen LogP contribution in [-0.4, -0.2) is 22.4 Å². The molecule has 0 unspecified atom stereocenters. The number of nitrogens with two attached hydrogens (primary N) is 1. The van der Waals surface area contributed by atoms with Crippen molar-refractivity contribution in [2.45, 2.75) is 45.4 Å². The van der Waals surface area contributed by atoms with Gasteiger partial charge in [0.15, 0.2) is 0 Å². The Morgan fingerprint density at radius 1 is 1.17 bits per heavy atom. The summed E-state index contributed by atoms with van der Waals surface area (Å²) in [6.45, 7) is 6.96. The van der Waals surface area contributed by atoms with Gasteiger partial charge in [0.25, 0.3) is 0 Å². The number of hydrogen-bond donors (Lipinski definition) is 2. The standard InChI is InChI=1S/C24H28N4O/c1-4-5-8-13-28-21-15-20-19(14-17(21)24(2,3)23(28)29)26-22(27-20)12-11-16-9-6-7-10-18(16)25/h6-7,9-12,14-15H,4-5,8,13,25H2,1-3H3,(H,26,27). The molecule has 3 aromatic rings. The van der Waals surface area contributed by atoms with Crippen molar-refractivity contribution in [2.24, 2.45) is 0 Å². The first-order chi connectivity index (χ1) is 13.9. The number of unbranched alkanes of at least 4 members (excludes halogenated alkanes) is 2. The van der Waals surface area contributed by atoms with Crippen molar-refractivity contribution in [3.63, 3.8) is 0 Å². The summed E-state index contributed by atoms with van der Waals surface area (Å²) in [6.07, 6.45) is 7.18. The first kappa shape index (κ1) is 19.2. The van der Waals surface area contributed by atoms with Gasteiger partial charge in [-0.1, -0.05) is 38.0 Å². The summed E-state index contributed by atoms with van der Waals surface area (Å²) >= 11 is 0. The Labute approximate surface area is 171 Å². The van der Waals surface area contributed by atoms with Crippen molar-refractivity contribution < 1.29 is 4.79 Å². The first-order valence-corrected chi connectivity index (χ1v) is 10.3. The van der Waals surface area contributed by atoms with Crippen molar-refractivity contribution in [1.82, 2.24) is 9.97 Å². The highest BCUT2D eigenvalue weighted by atomic mass is 16.2. The van der Waals surface area contributed by atoms with Gasteiger partial charge < -0.3 is 15.6 Å². The van der Waals surface area contributed by atoms with E-state index in [1.165, 1.54) is 0 Å². The van der Waals surface area contributed by atoms with Crippen LogP contribution in [0.25, 0.3) is 23.2 Å². The maximum Gasteiger partial charge on any atom is 0.237 e. The number of carbonyl (C=O) groups is 1. The minimum atomic E-state index is -0.519. The van der Waals surface area contributed by atoms with Gasteiger partial charge in [0.05, 0.1) is 22.1 Å². The number of benzene rings is 2. The molecule has 4 rings (SSSR count). The van der Waals surface area contributed by atoms with E-state index in [1.54, 1.807) is 0 Å². The number of nitrogens with zero attached hydrogens (tertiary/aromatic N) is 2. The lowest BCUT2D eigenvalue weighted by molar-refractivity contribution is -0.122. The summed E-state index contributed by atoms with van der Waals surface area (Å²) < 4.78 is 0. The molecule has 3 N–H and O–H groups in total. The second-order valence-corrected chi connectivity index (χ2v) is 8.26. The predicted octanol–water partition coefficient (Wildman–Crippen LogP) is 5.13. The number of fused-ring (bicyclic) bond motifs is 2. The minimum absolute atomic E-state index is 0.177. The van der Waals surface area contributed by atoms with E-state index in [0.717, 1.165) is 65.2 Å². The molecule has 0 atom stereocenters. The lowest BCUT2D eigenvalue weighted by Gasteiger charge is -2.20. The zero-order chi connectivity index (χ0) is 20.6. The van der Waals surface area contributed by atoms with E-state index in [-0.39, 0.29) is 5.91 Å². The van der Waals surface area contributed by atoms with Gasteiger partial charge >= 0.3 is 0 Å². The SMILES string of the molecule is CCCCCN1C(=O)C(C)(C)c2cc3[nH]c(C=Cc4ccccc4N)nc3cc21. The van der Waals surface area contributed by atoms with Crippen LogP contribution < -0.4 is 10.6 Å². The van der Waals surface area contributed by atoms with Crippen molar-refractivity contribution >= 4 is 40.5 Å². The fourth-order valence-electron chi connectivity index (χ4n) is 4.00. The highest BCUT2D eigenvalue weighted by Crippen LogP contribution is 2.43. The quantitative estimate of drug-likeness (QED) is 0.454. The van der Waals surface area contributed by atoms with Gasteiger partial charge in [0.1, 0.15) is 5.82 Å². The Hall–Kier alpha value is -3.08. The molecule has 0 bridgehead atoms. The number of aromatic amines is 1. The van der Waals surface area contributed by atoms with Crippen LogP contribution in [0, 0.1) is 0 Å². The second-order valence-electron chi connectivity index (χ2n) is 8.26. The topological polar surface area (TPSA) is 75.0 Å². The van der Waals surface area contributed by atoms with E-state index in [9.17, 15) is 4.79 Å². The molecular formula is C24H28N4O. The van der Waals surface area contributed by atoms with E-state index < -0.39 is 5.41 Å². The molecule has 1 aromatic heterocycles. The minimum Gasteiger partial charge on any atom is -0.398 e. The van der Waals surface area contributed by atoms with E-state index in [2.05, 4.69) is 18.0 Å². The van der Waals surface area contributed by atoms with Gasteiger partial charge in [-0.05, 0) is 61.7 Å². The maximum absolute atomic E-state index is 13.0. The molecule has 150 valence electrons. The number of carbonyl (C=O) groups excluding carboxylic acids is 1. The van der Waals surface area contributed by atoms with Crippen LogP contribution in [0.2, 0.25) is 0 Å². The normalized spacial score (nSPS) is 15.6. The zero-order valence-electron chi connectivity index (χ0n) is 17.3.